The molecule has 158 valence electrons. The maximum Gasteiger partial charge on any atom is 0.315 e. The predicted octanol–water partition coefficient (Wildman–Crippen LogP) is 2.53. The Morgan fingerprint density at radius 1 is 1.21 bits per heavy atom. The molecule has 4 rings (SSSR count). The van der Waals surface area contributed by atoms with Crippen molar-refractivity contribution in [3.8, 4) is 11.5 Å². The van der Waals surface area contributed by atoms with Gasteiger partial charge in [0, 0.05) is 17.4 Å². The van der Waals surface area contributed by atoms with E-state index in [1.165, 1.54) is 5.56 Å². The van der Waals surface area contributed by atoms with E-state index in [1.807, 2.05) is 23.9 Å². The molecule has 0 radical (unpaired) electrons. The molecule has 1 aromatic rings. The lowest BCUT2D eigenvalue weighted by atomic mass is 10.0. The number of methoxy groups -OCH3 is 2. The third-order valence-electron chi connectivity index (χ3n) is 6.14. The van der Waals surface area contributed by atoms with Gasteiger partial charge >= 0.3 is 6.03 Å². The molecule has 0 unspecified atom stereocenters. The van der Waals surface area contributed by atoms with Gasteiger partial charge in [-0.1, -0.05) is 6.42 Å². The number of rotatable bonds is 8. The minimum Gasteiger partial charge on any atom is -0.493 e. The Morgan fingerprint density at radius 3 is 2.79 bits per heavy atom. The van der Waals surface area contributed by atoms with E-state index in [9.17, 15) is 9.59 Å². The van der Waals surface area contributed by atoms with Crippen molar-refractivity contribution < 1.29 is 19.1 Å². The van der Waals surface area contributed by atoms with E-state index in [4.69, 9.17) is 9.47 Å². The van der Waals surface area contributed by atoms with Crippen molar-refractivity contribution in [2.24, 2.45) is 0 Å². The molecule has 0 bridgehead atoms. The zero-order valence-electron chi connectivity index (χ0n) is 17.0. The van der Waals surface area contributed by atoms with Gasteiger partial charge in [0.15, 0.2) is 11.5 Å². The van der Waals surface area contributed by atoms with E-state index in [0.29, 0.717) is 17.4 Å². The summed E-state index contributed by atoms with van der Waals surface area (Å²) in [6, 6.07) is 4.51. The quantitative estimate of drug-likeness (QED) is 0.445. The number of fused-ring (bicyclic) bond motifs is 2. The standard InChI is InChI=1S/C21H29N3O4S/c1-27-16-9-12-7-8-14(13(12)10-17(16)28-2)22-19(25)6-4-3-5-18-20-15(11-29-18)23-21(26)24-20/h9-10,14-15,18,20H,3-8,11H2,1-2H3,(H,22,25)(H2,23,24,26)/t14-,15-,18-,20-/m0/s1. The maximum absolute atomic E-state index is 12.5. The fourth-order valence-corrected chi connectivity index (χ4v) is 6.17. The Bertz CT molecular complexity index is 787. The molecule has 0 saturated carbocycles. The minimum absolute atomic E-state index is 0.0447. The van der Waals surface area contributed by atoms with Crippen molar-refractivity contribution in [1.29, 1.82) is 0 Å². The van der Waals surface area contributed by atoms with Crippen LogP contribution in [0.5, 0.6) is 11.5 Å². The predicted molar refractivity (Wildman–Crippen MR) is 113 cm³/mol. The lowest BCUT2D eigenvalue weighted by Crippen LogP contribution is -2.36. The zero-order valence-corrected chi connectivity index (χ0v) is 17.8. The van der Waals surface area contributed by atoms with Gasteiger partial charge in [-0.05, 0) is 48.9 Å². The molecule has 8 heteroatoms. The first-order valence-electron chi connectivity index (χ1n) is 10.3. The summed E-state index contributed by atoms with van der Waals surface area (Å²) in [5.41, 5.74) is 2.35. The van der Waals surface area contributed by atoms with Gasteiger partial charge in [-0.3, -0.25) is 4.79 Å². The number of thioether (sulfide) groups is 1. The fourth-order valence-electron chi connectivity index (χ4n) is 4.62. The third-order valence-corrected chi connectivity index (χ3v) is 7.65. The van der Waals surface area contributed by atoms with Crippen LogP contribution in [-0.4, -0.2) is 49.2 Å². The summed E-state index contributed by atoms with van der Waals surface area (Å²) in [6.45, 7) is 0. The SMILES string of the molecule is COc1cc2c(cc1OC)[C@@H](NC(=O)CCCC[C@@H]1SC[C@@H]3NC(=O)N[C@@H]31)CC2. The van der Waals surface area contributed by atoms with Gasteiger partial charge in [-0.15, -0.1) is 0 Å². The third kappa shape index (κ3) is 4.27. The van der Waals surface area contributed by atoms with Gasteiger partial charge in [0.25, 0.3) is 0 Å². The molecule has 2 aliphatic heterocycles. The summed E-state index contributed by atoms with van der Waals surface area (Å²) in [4.78, 5) is 23.9. The summed E-state index contributed by atoms with van der Waals surface area (Å²) in [5.74, 6) is 2.52. The van der Waals surface area contributed by atoms with Crippen LogP contribution in [-0.2, 0) is 11.2 Å². The smallest absolute Gasteiger partial charge is 0.315 e. The minimum atomic E-state index is -0.0456. The summed E-state index contributed by atoms with van der Waals surface area (Å²) >= 11 is 1.92. The molecule has 1 aromatic carbocycles. The highest BCUT2D eigenvalue weighted by Crippen LogP contribution is 2.39. The number of aryl methyl sites for hydroxylation is 1. The zero-order chi connectivity index (χ0) is 20.4. The molecule has 29 heavy (non-hydrogen) atoms. The number of carbonyl (C=O) groups is 2. The monoisotopic (exact) mass is 419 g/mol. The van der Waals surface area contributed by atoms with Gasteiger partial charge < -0.3 is 25.4 Å². The second kappa shape index (κ2) is 8.73. The molecule has 2 saturated heterocycles. The maximum atomic E-state index is 12.5. The number of nitrogens with one attached hydrogen (secondary N) is 3. The van der Waals surface area contributed by atoms with E-state index in [0.717, 1.165) is 49.2 Å². The summed E-state index contributed by atoms with van der Waals surface area (Å²) < 4.78 is 10.8. The number of urea groups is 1. The molecule has 0 spiro atoms. The highest BCUT2D eigenvalue weighted by atomic mass is 32.2. The molecule has 3 aliphatic rings. The summed E-state index contributed by atoms with van der Waals surface area (Å²) in [6.07, 6.45) is 5.27. The molecule has 3 N–H and O–H groups in total. The molecular formula is C21H29N3O4S. The summed E-state index contributed by atoms with van der Waals surface area (Å²) in [7, 11) is 3.27. The Hall–Kier alpha value is -2.09. The number of ether oxygens (including phenoxy) is 2. The molecule has 3 amide bonds. The molecule has 2 fully saturated rings. The first-order valence-corrected chi connectivity index (χ1v) is 11.4. The van der Waals surface area contributed by atoms with Crippen LogP contribution < -0.4 is 25.4 Å². The Labute approximate surface area is 175 Å². The van der Waals surface area contributed by atoms with Crippen LogP contribution in [0.3, 0.4) is 0 Å². The van der Waals surface area contributed by atoms with E-state index in [2.05, 4.69) is 16.0 Å². The van der Waals surface area contributed by atoms with Crippen LogP contribution in [0.2, 0.25) is 0 Å². The second-order valence-corrected chi connectivity index (χ2v) is 9.20. The van der Waals surface area contributed by atoms with E-state index >= 15 is 0 Å². The number of hydrogen-bond donors (Lipinski definition) is 3. The topological polar surface area (TPSA) is 88.7 Å². The highest BCUT2D eigenvalue weighted by Gasteiger charge is 2.42. The van der Waals surface area contributed by atoms with Crippen LogP contribution in [0.4, 0.5) is 4.79 Å². The number of benzene rings is 1. The Morgan fingerprint density at radius 2 is 2.00 bits per heavy atom. The van der Waals surface area contributed by atoms with Crippen LogP contribution in [0.25, 0.3) is 0 Å². The van der Waals surface area contributed by atoms with Crippen LogP contribution in [0, 0.1) is 0 Å². The van der Waals surface area contributed by atoms with E-state index in [-0.39, 0.29) is 30.1 Å². The molecule has 0 aromatic heterocycles. The molecule has 7 nitrogen and oxygen atoms in total. The van der Waals surface area contributed by atoms with Crippen molar-refractivity contribution in [2.75, 3.05) is 20.0 Å². The van der Waals surface area contributed by atoms with E-state index < -0.39 is 0 Å². The molecule has 4 atom stereocenters. The van der Waals surface area contributed by atoms with Crippen LogP contribution >= 0.6 is 11.8 Å². The normalized spacial score (nSPS) is 27.0. The largest absolute Gasteiger partial charge is 0.493 e. The van der Waals surface area contributed by atoms with Crippen LogP contribution in [0.15, 0.2) is 12.1 Å². The first-order chi connectivity index (χ1) is 14.1. The lowest BCUT2D eigenvalue weighted by molar-refractivity contribution is -0.122. The van der Waals surface area contributed by atoms with Gasteiger partial charge in [-0.25, -0.2) is 4.79 Å². The van der Waals surface area contributed by atoms with Gasteiger partial charge in [-0.2, -0.15) is 11.8 Å². The Kier molecular flexibility index (Phi) is 6.08. The van der Waals surface area contributed by atoms with Crippen molar-refractivity contribution in [2.45, 2.75) is 61.9 Å². The number of hydrogen-bond acceptors (Lipinski definition) is 5. The highest BCUT2D eigenvalue weighted by molar-refractivity contribution is 8.00. The van der Waals surface area contributed by atoms with Crippen molar-refractivity contribution >= 4 is 23.7 Å². The lowest BCUT2D eigenvalue weighted by Gasteiger charge is -2.17. The van der Waals surface area contributed by atoms with Gasteiger partial charge in [0.2, 0.25) is 5.91 Å². The average Bonchev–Trinajstić information content (AvgIpc) is 3.39. The number of amides is 3. The summed E-state index contributed by atoms with van der Waals surface area (Å²) in [5, 5.41) is 9.63. The number of unbranched alkanes of at least 4 members (excludes halogenated alkanes) is 1. The first kappa shape index (κ1) is 20.2. The Balaban J connectivity index is 1.23. The van der Waals surface area contributed by atoms with Crippen LogP contribution in [0.1, 0.15) is 49.3 Å². The van der Waals surface area contributed by atoms with Gasteiger partial charge in [0.1, 0.15) is 0 Å². The molecule has 2 heterocycles. The number of carbonyl (C=O) groups excluding carboxylic acids is 2. The van der Waals surface area contributed by atoms with Crippen molar-refractivity contribution in [3.05, 3.63) is 23.3 Å². The second-order valence-electron chi connectivity index (χ2n) is 7.93. The van der Waals surface area contributed by atoms with Gasteiger partial charge in [0.05, 0.1) is 32.3 Å². The van der Waals surface area contributed by atoms with Crippen molar-refractivity contribution in [3.63, 3.8) is 0 Å². The fraction of sp³-hybridized carbons (Fsp3) is 0.619. The van der Waals surface area contributed by atoms with E-state index in [1.54, 1.807) is 14.2 Å². The average molecular weight is 420 g/mol. The molecule has 1 aliphatic carbocycles. The van der Waals surface area contributed by atoms with Crippen molar-refractivity contribution in [1.82, 2.24) is 16.0 Å². The molecular weight excluding hydrogens is 390 g/mol.